The van der Waals surface area contributed by atoms with Crippen LogP contribution in [0, 0.1) is 0 Å². The number of nitrogens with zero attached hydrogens (tertiary/aromatic N) is 2. The van der Waals surface area contributed by atoms with Gasteiger partial charge in [0.1, 0.15) is 24.1 Å². The Morgan fingerprint density at radius 3 is 2.16 bits per heavy atom. The summed E-state index contributed by atoms with van der Waals surface area (Å²) in [6.07, 6.45) is 1.33. The number of benzene rings is 3. The maximum absolute atomic E-state index is 13.6. The predicted molar refractivity (Wildman–Crippen MR) is 150 cm³/mol. The molecule has 0 spiro atoms. The first-order valence-corrected chi connectivity index (χ1v) is 14.4. The van der Waals surface area contributed by atoms with Crippen LogP contribution in [0.4, 0.5) is 5.69 Å². The molecule has 11 heteroatoms. The van der Waals surface area contributed by atoms with Crippen LogP contribution in [0.5, 0.6) is 11.5 Å². The fourth-order valence-corrected chi connectivity index (χ4v) is 5.16. The number of likely N-dealkylation sites (N-methyl/N-ethyl adjacent to an activating group) is 1. The number of anilines is 1. The minimum atomic E-state index is -3.86. The summed E-state index contributed by atoms with van der Waals surface area (Å²) in [5.74, 6) is 0.192. The lowest BCUT2D eigenvalue weighted by Gasteiger charge is -2.32. The molecule has 0 radical (unpaired) electrons. The first kappa shape index (κ1) is 29.3. The lowest BCUT2D eigenvalue weighted by atomic mass is 10.1. The van der Waals surface area contributed by atoms with Crippen molar-refractivity contribution in [1.82, 2.24) is 10.2 Å². The maximum Gasteiger partial charge on any atom is 0.244 e. The molecule has 1 unspecified atom stereocenters. The molecule has 3 rings (SSSR count). The van der Waals surface area contributed by atoms with Gasteiger partial charge in [-0.3, -0.25) is 13.9 Å². The van der Waals surface area contributed by atoms with Crippen LogP contribution in [-0.2, 0) is 26.2 Å². The molecule has 3 aromatic carbocycles. The summed E-state index contributed by atoms with van der Waals surface area (Å²) in [6, 6.07) is 19.5. The molecule has 0 heterocycles. The second kappa shape index (κ2) is 13.0. The third-order valence-electron chi connectivity index (χ3n) is 5.77. The number of amides is 2. The number of halogens is 2. The van der Waals surface area contributed by atoms with E-state index in [0.717, 1.165) is 10.6 Å². The van der Waals surface area contributed by atoms with Gasteiger partial charge in [-0.05, 0) is 60.5 Å². The lowest BCUT2D eigenvalue weighted by Crippen LogP contribution is -2.51. The van der Waals surface area contributed by atoms with Crippen molar-refractivity contribution in [3.8, 4) is 11.5 Å². The Labute approximate surface area is 233 Å². The Balaban J connectivity index is 1.90. The summed E-state index contributed by atoms with van der Waals surface area (Å²) in [5.41, 5.74) is 0.846. The number of carbonyl (C=O) groups is 2. The van der Waals surface area contributed by atoms with Gasteiger partial charge in [0.25, 0.3) is 0 Å². The highest BCUT2D eigenvalue weighted by molar-refractivity contribution is 7.92. The number of sulfonamides is 1. The molecule has 1 atom stereocenters. The van der Waals surface area contributed by atoms with Crippen molar-refractivity contribution < 1.29 is 22.7 Å². The Kier molecular flexibility index (Phi) is 10.0. The van der Waals surface area contributed by atoms with Crippen LogP contribution >= 0.6 is 23.2 Å². The first-order chi connectivity index (χ1) is 18.0. The van der Waals surface area contributed by atoms with Gasteiger partial charge in [0.05, 0.1) is 11.9 Å². The quantitative estimate of drug-likeness (QED) is 0.342. The molecular weight excluding hydrogens is 549 g/mol. The second-order valence-electron chi connectivity index (χ2n) is 8.47. The van der Waals surface area contributed by atoms with Crippen molar-refractivity contribution in [2.75, 3.05) is 24.2 Å². The molecule has 38 heavy (non-hydrogen) atoms. The summed E-state index contributed by atoms with van der Waals surface area (Å²) >= 11 is 12.4. The number of ether oxygens (including phenoxy) is 1. The van der Waals surface area contributed by atoms with E-state index in [4.69, 9.17) is 27.9 Å². The van der Waals surface area contributed by atoms with Gasteiger partial charge in [-0.25, -0.2) is 8.42 Å². The van der Waals surface area contributed by atoms with Gasteiger partial charge in [0, 0.05) is 23.6 Å². The van der Waals surface area contributed by atoms with Crippen molar-refractivity contribution in [3.63, 3.8) is 0 Å². The molecule has 0 saturated carbocycles. The zero-order valence-corrected chi connectivity index (χ0v) is 23.6. The molecule has 0 aromatic heterocycles. The van der Waals surface area contributed by atoms with Gasteiger partial charge in [0.15, 0.2) is 0 Å². The van der Waals surface area contributed by atoms with Crippen LogP contribution in [0.3, 0.4) is 0 Å². The largest absolute Gasteiger partial charge is 0.457 e. The van der Waals surface area contributed by atoms with Crippen LogP contribution in [0.15, 0.2) is 72.8 Å². The van der Waals surface area contributed by atoms with Crippen molar-refractivity contribution in [2.24, 2.45) is 0 Å². The molecule has 0 aliphatic carbocycles. The number of para-hydroxylation sites is 1. The van der Waals surface area contributed by atoms with Crippen molar-refractivity contribution in [3.05, 3.63) is 88.4 Å². The zero-order valence-electron chi connectivity index (χ0n) is 21.2. The second-order valence-corrected chi connectivity index (χ2v) is 11.2. The van der Waals surface area contributed by atoms with Gasteiger partial charge < -0.3 is 15.0 Å². The SMILES string of the molecule is CCC(C(=O)NC)N(Cc1ccc(Cl)cc1Cl)C(=O)CN(c1ccc(Oc2ccccc2)cc1)S(C)(=O)=O. The molecule has 2 amide bonds. The van der Waals surface area contributed by atoms with Crippen LogP contribution < -0.4 is 14.4 Å². The Bertz CT molecular complexity index is 1370. The number of carbonyl (C=O) groups excluding carboxylic acids is 2. The summed E-state index contributed by atoms with van der Waals surface area (Å²) < 4.78 is 32.3. The monoisotopic (exact) mass is 577 g/mol. The fraction of sp³-hybridized carbons (Fsp3) is 0.259. The Morgan fingerprint density at radius 2 is 1.61 bits per heavy atom. The molecule has 0 saturated heterocycles. The number of rotatable bonds is 11. The van der Waals surface area contributed by atoms with Crippen molar-refractivity contribution in [1.29, 1.82) is 0 Å². The number of nitrogens with one attached hydrogen (secondary N) is 1. The van der Waals surface area contributed by atoms with E-state index in [-0.39, 0.29) is 18.1 Å². The number of hydrogen-bond acceptors (Lipinski definition) is 5. The van der Waals surface area contributed by atoms with Crippen LogP contribution in [0.25, 0.3) is 0 Å². The predicted octanol–water partition coefficient (Wildman–Crippen LogP) is 5.11. The standard InChI is InChI=1S/C27H29Cl2N3O5S/c1-4-25(27(34)30-2)31(17-19-10-11-20(28)16-24(19)29)26(33)18-32(38(3,35)36)21-12-14-23(15-13-21)37-22-8-6-5-7-9-22/h5-16,25H,4,17-18H2,1-3H3,(H,30,34). The molecule has 202 valence electrons. The molecular formula is C27H29Cl2N3O5S. The molecule has 1 N–H and O–H groups in total. The molecule has 0 aliphatic heterocycles. The highest BCUT2D eigenvalue weighted by Gasteiger charge is 2.31. The van der Waals surface area contributed by atoms with Crippen LogP contribution in [0.1, 0.15) is 18.9 Å². The van der Waals surface area contributed by atoms with Crippen LogP contribution in [0.2, 0.25) is 10.0 Å². The van der Waals surface area contributed by atoms with Crippen LogP contribution in [-0.4, -0.2) is 51.0 Å². The Hall–Kier alpha value is -3.27. The zero-order chi connectivity index (χ0) is 27.9. The number of hydrogen-bond donors (Lipinski definition) is 1. The van der Waals surface area contributed by atoms with Crippen molar-refractivity contribution >= 4 is 50.7 Å². The summed E-state index contributed by atoms with van der Waals surface area (Å²) in [4.78, 5) is 27.6. The average molecular weight is 579 g/mol. The molecule has 0 bridgehead atoms. The van der Waals surface area contributed by atoms with Gasteiger partial charge in [-0.15, -0.1) is 0 Å². The fourth-order valence-electron chi connectivity index (χ4n) is 3.84. The third kappa shape index (κ3) is 7.63. The smallest absolute Gasteiger partial charge is 0.244 e. The lowest BCUT2D eigenvalue weighted by molar-refractivity contribution is -0.140. The Morgan fingerprint density at radius 1 is 0.974 bits per heavy atom. The highest BCUT2D eigenvalue weighted by atomic mass is 35.5. The highest BCUT2D eigenvalue weighted by Crippen LogP contribution is 2.27. The minimum absolute atomic E-state index is 0.0117. The van der Waals surface area contributed by atoms with E-state index >= 15 is 0 Å². The van der Waals surface area contributed by atoms with Gasteiger partial charge in [-0.2, -0.15) is 0 Å². The van der Waals surface area contributed by atoms with E-state index in [1.54, 1.807) is 61.5 Å². The van der Waals surface area contributed by atoms with E-state index < -0.39 is 28.5 Å². The summed E-state index contributed by atoms with van der Waals surface area (Å²) in [7, 11) is -2.39. The normalized spacial score (nSPS) is 11.9. The van der Waals surface area contributed by atoms with E-state index in [1.165, 1.54) is 11.9 Å². The molecule has 0 aliphatic rings. The average Bonchev–Trinajstić information content (AvgIpc) is 2.88. The maximum atomic E-state index is 13.6. The van der Waals surface area contributed by atoms with E-state index in [0.29, 0.717) is 33.5 Å². The molecule has 3 aromatic rings. The van der Waals surface area contributed by atoms with Gasteiger partial charge >= 0.3 is 0 Å². The van der Waals surface area contributed by atoms with E-state index in [2.05, 4.69) is 5.32 Å². The summed E-state index contributed by atoms with van der Waals surface area (Å²) in [6.45, 7) is 1.24. The van der Waals surface area contributed by atoms with E-state index in [9.17, 15) is 18.0 Å². The van der Waals surface area contributed by atoms with Crippen molar-refractivity contribution in [2.45, 2.75) is 25.9 Å². The molecule has 0 fully saturated rings. The minimum Gasteiger partial charge on any atom is -0.457 e. The first-order valence-electron chi connectivity index (χ1n) is 11.8. The topological polar surface area (TPSA) is 96.0 Å². The third-order valence-corrected chi connectivity index (χ3v) is 7.50. The van der Waals surface area contributed by atoms with E-state index in [1.807, 2.05) is 18.2 Å². The van der Waals surface area contributed by atoms with Gasteiger partial charge in [-0.1, -0.05) is 54.4 Å². The summed E-state index contributed by atoms with van der Waals surface area (Å²) in [5, 5.41) is 3.33. The molecule has 8 nitrogen and oxygen atoms in total. The van der Waals surface area contributed by atoms with Gasteiger partial charge in [0.2, 0.25) is 21.8 Å².